The Kier molecular flexibility index (Phi) is 3.43. The fourth-order valence-corrected chi connectivity index (χ4v) is 2.34. The van der Waals surface area contributed by atoms with Gasteiger partial charge in [-0.25, -0.2) is 9.97 Å². The van der Waals surface area contributed by atoms with Crippen molar-refractivity contribution in [3.05, 3.63) is 35.5 Å². The molecule has 2 heterocycles. The summed E-state index contributed by atoms with van der Waals surface area (Å²) >= 11 is 1.30. The summed E-state index contributed by atoms with van der Waals surface area (Å²) in [5.41, 5.74) is 2.32. The lowest BCUT2D eigenvalue weighted by Crippen LogP contribution is -2.04. The second-order valence-electron chi connectivity index (χ2n) is 3.58. The third kappa shape index (κ3) is 2.65. The first-order valence-electron chi connectivity index (χ1n) is 5.14. The summed E-state index contributed by atoms with van der Waals surface area (Å²) in [5, 5.41) is 3.98. The van der Waals surface area contributed by atoms with Crippen LogP contribution in [0.3, 0.4) is 0 Å². The van der Waals surface area contributed by atoms with E-state index in [1.807, 2.05) is 13.0 Å². The Morgan fingerprint density at radius 1 is 1.53 bits per heavy atom. The third-order valence-corrected chi connectivity index (χ3v) is 3.18. The Bertz CT molecular complexity index is 524. The molecule has 0 aliphatic heterocycles. The van der Waals surface area contributed by atoms with Crippen molar-refractivity contribution in [1.29, 1.82) is 0 Å². The van der Waals surface area contributed by atoms with Crippen molar-refractivity contribution in [2.24, 2.45) is 0 Å². The van der Waals surface area contributed by atoms with E-state index >= 15 is 0 Å². The Morgan fingerprint density at radius 2 is 2.35 bits per heavy atom. The van der Waals surface area contributed by atoms with E-state index in [0.717, 1.165) is 16.4 Å². The molecule has 0 saturated heterocycles. The van der Waals surface area contributed by atoms with Gasteiger partial charge in [0.15, 0.2) is 5.78 Å². The molecule has 1 N–H and O–H groups in total. The molecule has 0 aliphatic rings. The van der Waals surface area contributed by atoms with Crippen LogP contribution in [-0.2, 0) is 6.54 Å². The van der Waals surface area contributed by atoms with Gasteiger partial charge in [0, 0.05) is 6.20 Å². The Morgan fingerprint density at radius 3 is 3.00 bits per heavy atom. The zero-order valence-corrected chi connectivity index (χ0v) is 10.4. The molecule has 2 rings (SSSR count). The lowest BCUT2D eigenvalue weighted by molar-refractivity contribution is 0.101. The summed E-state index contributed by atoms with van der Waals surface area (Å²) in [6, 6.07) is 1.83. The zero-order chi connectivity index (χ0) is 12.3. The highest BCUT2D eigenvalue weighted by Crippen LogP contribution is 2.25. The van der Waals surface area contributed by atoms with E-state index in [1.165, 1.54) is 17.9 Å². The average molecular weight is 248 g/mol. The lowest BCUT2D eigenvalue weighted by atomic mass is 10.2. The second-order valence-corrected chi connectivity index (χ2v) is 4.36. The maximum Gasteiger partial charge on any atom is 0.164 e. The molecule has 0 unspecified atom stereocenters. The molecule has 17 heavy (non-hydrogen) atoms. The Labute approximate surface area is 103 Å². The number of aryl methyl sites for hydroxylation is 1. The molecule has 2 aromatic rings. The van der Waals surface area contributed by atoms with Gasteiger partial charge in [-0.2, -0.15) is 4.37 Å². The SMILES string of the molecule is CC(=O)c1c(C)nsc1NCc1ccncn1. The van der Waals surface area contributed by atoms with Crippen LogP contribution in [0.2, 0.25) is 0 Å². The molecule has 88 valence electrons. The van der Waals surface area contributed by atoms with Gasteiger partial charge in [0.25, 0.3) is 0 Å². The predicted octanol–water partition coefficient (Wildman–Crippen LogP) is 2.06. The summed E-state index contributed by atoms with van der Waals surface area (Å²) in [6.07, 6.45) is 3.19. The van der Waals surface area contributed by atoms with Gasteiger partial charge in [0.1, 0.15) is 11.3 Å². The molecular weight excluding hydrogens is 236 g/mol. The van der Waals surface area contributed by atoms with E-state index in [-0.39, 0.29) is 5.78 Å². The number of ketones is 1. The molecule has 0 aromatic carbocycles. The highest BCUT2D eigenvalue weighted by atomic mass is 32.1. The second kappa shape index (κ2) is 5.01. The van der Waals surface area contributed by atoms with Gasteiger partial charge >= 0.3 is 0 Å². The van der Waals surface area contributed by atoms with Crippen LogP contribution in [0.1, 0.15) is 28.7 Å². The maximum atomic E-state index is 11.5. The summed E-state index contributed by atoms with van der Waals surface area (Å²) < 4.78 is 4.18. The summed E-state index contributed by atoms with van der Waals surface area (Å²) in [6.45, 7) is 3.94. The van der Waals surface area contributed by atoms with Crippen molar-refractivity contribution < 1.29 is 4.79 Å². The monoisotopic (exact) mass is 248 g/mol. The first-order valence-corrected chi connectivity index (χ1v) is 5.92. The maximum absolute atomic E-state index is 11.5. The highest BCUT2D eigenvalue weighted by molar-refractivity contribution is 7.10. The van der Waals surface area contributed by atoms with Crippen LogP contribution in [0, 0.1) is 6.92 Å². The van der Waals surface area contributed by atoms with Crippen LogP contribution in [0.4, 0.5) is 5.00 Å². The molecule has 5 nitrogen and oxygen atoms in total. The summed E-state index contributed by atoms with van der Waals surface area (Å²) in [4.78, 5) is 19.4. The van der Waals surface area contributed by atoms with Crippen molar-refractivity contribution in [3.63, 3.8) is 0 Å². The quantitative estimate of drug-likeness (QED) is 0.839. The van der Waals surface area contributed by atoms with Gasteiger partial charge in [-0.3, -0.25) is 4.79 Å². The predicted molar refractivity (Wildman–Crippen MR) is 66.2 cm³/mol. The van der Waals surface area contributed by atoms with E-state index < -0.39 is 0 Å². The van der Waals surface area contributed by atoms with E-state index in [9.17, 15) is 4.79 Å². The number of hydrogen-bond acceptors (Lipinski definition) is 6. The number of anilines is 1. The third-order valence-electron chi connectivity index (χ3n) is 2.29. The standard InChI is InChI=1S/C11H12N4OS/c1-7-10(8(2)16)11(17-15-7)13-5-9-3-4-12-6-14-9/h3-4,6,13H,5H2,1-2H3. The molecule has 0 radical (unpaired) electrons. The van der Waals surface area contributed by atoms with Crippen LogP contribution < -0.4 is 5.32 Å². The molecule has 0 atom stereocenters. The minimum atomic E-state index is 0.0291. The molecule has 2 aromatic heterocycles. The number of carbonyl (C=O) groups is 1. The van der Waals surface area contributed by atoms with Gasteiger partial charge < -0.3 is 5.32 Å². The normalized spacial score (nSPS) is 10.2. The molecule has 0 saturated carbocycles. The number of rotatable bonds is 4. The van der Waals surface area contributed by atoms with Gasteiger partial charge in [-0.1, -0.05) is 0 Å². The minimum Gasteiger partial charge on any atom is -0.369 e. The molecule has 0 fully saturated rings. The fourth-order valence-electron chi connectivity index (χ4n) is 1.50. The van der Waals surface area contributed by atoms with E-state index in [4.69, 9.17) is 0 Å². The Balaban J connectivity index is 2.12. The fraction of sp³-hybridized carbons (Fsp3) is 0.273. The van der Waals surface area contributed by atoms with Crippen molar-refractivity contribution in [2.75, 3.05) is 5.32 Å². The van der Waals surface area contributed by atoms with Gasteiger partial charge in [-0.15, -0.1) is 0 Å². The number of hydrogen-bond donors (Lipinski definition) is 1. The molecule has 0 aliphatic carbocycles. The van der Waals surface area contributed by atoms with Crippen molar-refractivity contribution in [1.82, 2.24) is 14.3 Å². The van der Waals surface area contributed by atoms with Crippen LogP contribution in [0.5, 0.6) is 0 Å². The number of nitrogens with one attached hydrogen (secondary N) is 1. The molecule has 0 amide bonds. The minimum absolute atomic E-state index is 0.0291. The number of aromatic nitrogens is 3. The Hall–Kier alpha value is -1.82. The zero-order valence-electron chi connectivity index (χ0n) is 9.60. The first kappa shape index (κ1) is 11.7. The summed E-state index contributed by atoms with van der Waals surface area (Å²) in [5.74, 6) is 0.0291. The van der Waals surface area contributed by atoms with Crippen LogP contribution in [0.15, 0.2) is 18.6 Å². The van der Waals surface area contributed by atoms with Crippen molar-refractivity contribution >= 4 is 22.3 Å². The van der Waals surface area contributed by atoms with Crippen molar-refractivity contribution in [3.8, 4) is 0 Å². The van der Waals surface area contributed by atoms with Gasteiger partial charge in [0.2, 0.25) is 0 Å². The van der Waals surface area contributed by atoms with Crippen LogP contribution in [-0.4, -0.2) is 20.1 Å². The van der Waals surface area contributed by atoms with E-state index in [1.54, 1.807) is 13.1 Å². The lowest BCUT2D eigenvalue weighted by Gasteiger charge is -2.04. The topological polar surface area (TPSA) is 67.8 Å². The van der Waals surface area contributed by atoms with Crippen LogP contribution >= 0.6 is 11.5 Å². The van der Waals surface area contributed by atoms with Gasteiger partial charge in [-0.05, 0) is 31.4 Å². The van der Waals surface area contributed by atoms with Crippen molar-refractivity contribution in [2.45, 2.75) is 20.4 Å². The van der Waals surface area contributed by atoms with E-state index in [2.05, 4.69) is 19.7 Å². The highest BCUT2D eigenvalue weighted by Gasteiger charge is 2.14. The number of Topliss-reactive ketones (excluding diaryl/α,β-unsaturated/α-hetero) is 1. The number of nitrogens with zero attached hydrogens (tertiary/aromatic N) is 3. The van der Waals surface area contributed by atoms with Crippen LogP contribution in [0.25, 0.3) is 0 Å². The molecular formula is C11H12N4OS. The largest absolute Gasteiger partial charge is 0.369 e. The van der Waals surface area contributed by atoms with E-state index in [0.29, 0.717) is 12.1 Å². The van der Waals surface area contributed by atoms with Gasteiger partial charge in [0.05, 0.1) is 23.5 Å². The molecule has 6 heteroatoms. The molecule has 0 bridgehead atoms. The molecule has 0 spiro atoms. The smallest absolute Gasteiger partial charge is 0.164 e. The number of carbonyl (C=O) groups excluding carboxylic acids is 1. The first-order chi connectivity index (χ1) is 8.18. The summed E-state index contributed by atoms with van der Waals surface area (Å²) in [7, 11) is 0. The average Bonchev–Trinajstić information content (AvgIpc) is 2.69.